The average Bonchev–Trinajstić information content (AvgIpc) is 2.45. The van der Waals surface area contributed by atoms with Crippen LogP contribution in [0.25, 0.3) is 0 Å². The topological polar surface area (TPSA) is 39.2 Å². The molecule has 0 saturated carbocycles. The Morgan fingerprint density at radius 1 is 1.57 bits per heavy atom. The molecule has 0 bridgehead atoms. The van der Waals surface area contributed by atoms with Crippen LogP contribution in [0.4, 0.5) is 13.2 Å². The summed E-state index contributed by atoms with van der Waals surface area (Å²) in [5.74, 6) is -1.04. The van der Waals surface area contributed by atoms with Gasteiger partial charge in [0.15, 0.2) is 9.61 Å². The van der Waals surface area contributed by atoms with Crippen LogP contribution in [-0.4, -0.2) is 18.1 Å². The van der Waals surface area contributed by atoms with Crippen molar-refractivity contribution in [3.05, 3.63) is 14.5 Å². The van der Waals surface area contributed by atoms with Gasteiger partial charge in [0.1, 0.15) is 4.88 Å². The zero-order chi connectivity index (χ0) is 10.9. The monoisotopic (exact) mass is 289 g/mol. The molecule has 3 nitrogen and oxygen atoms in total. The Labute approximate surface area is 89.0 Å². The molecule has 1 heterocycles. The molecule has 0 aromatic carbocycles. The molecule has 0 aliphatic heterocycles. The number of halogens is 4. The predicted octanol–water partition coefficient (Wildman–Crippen LogP) is 2.71. The number of carbonyl (C=O) groups excluding carboxylic acids is 1. The number of esters is 1. The molecule has 1 aromatic rings. The van der Waals surface area contributed by atoms with Crippen LogP contribution in [0.2, 0.25) is 0 Å². The van der Waals surface area contributed by atoms with E-state index in [9.17, 15) is 18.0 Å². The third-order valence-corrected chi connectivity index (χ3v) is 2.73. The van der Waals surface area contributed by atoms with Gasteiger partial charge >= 0.3 is 12.1 Å². The maximum absolute atomic E-state index is 12.3. The van der Waals surface area contributed by atoms with Crippen molar-refractivity contribution in [2.45, 2.75) is 6.18 Å². The standard InChI is InChI=1S/C6H3BrF3NO2S/c1-13-4(12)2-3(6(8,9)10)11-5(7)14-2/h1H3. The van der Waals surface area contributed by atoms with Crippen LogP contribution < -0.4 is 0 Å². The summed E-state index contributed by atoms with van der Waals surface area (Å²) >= 11 is 3.36. The van der Waals surface area contributed by atoms with Gasteiger partial charge in [0.05, 0.1) is 7.11 Å². The first-order valence-corrected chi connectivity index (χ1v) is 4.79. The van der Waals surface area contributed by atoms with Gasteiger partial charge in [-0.2, -0.15) is 13.2 Å². The molecule has 78 valence electrons. The van der Waals surface area contributed by atoms with E-state index >= 15 is 0 Å². The first-order valence-electron chi connectivity index (χ1n) is 3.18. The third-order valence-electron chi connectivity index (χ3n) is 1.24. The van der Waals surface area contributed by atoms with Crippen LogP contribution in [0.1, 0.15) is 15.4 Å². The van der Waals surface area contributed by atoms with Gasteiger partial charge in [-0.05, 0) is 15.9 Å². The number of hydrogen-bond donors (Lipinski definition) is 0. The summed E-state index contributed by atoms with van der Waals surface area (Å²) in [6.07, 6.45) is -4.65. The van der Waals surface area contributed by atoms with Crippen LogP contribution in [0, 0.1) is 0 Å². The van der Waals surface area contributed by atoms with Crippen molar-refractivity contribution < 1.29 is 22.7 Å². The number of ether oxygens (including phenoxy) is 1. The molecule has 1 rings (SSSR count). The molecule has 14 heavy (non-hydrogen) atoms. The number of methoxy groups -OCH3 is 1. The quantitative estimate of drug-likeness (QED) is 0.746. The summed E-state index contributed by atoms with van der Waals surface area (Å²) in [6.45, 7) is 0. The van der Waals surface area contributed by atoms with Crippen molar-refractivity contribution in [3.8, 4) is 0 Å². The van der Waals surface area contributed by atoms with E-state index < -0.39 is 22.7 Å². The van der Waals surface area contributed by atoms with E-state index in [-0.39, 0.29) is 3.92 Å². The zero-order valence-corrected chi connectivity index (χ0v) is 9.09. The highest BCUT2D eigenvalue weighted by atomic mass is 79.9. The molecule has 0 radical (unpaired) electrons. The van der Waals surface area contributed by atoms with E-state index in [2.05, 4.69) is 25.7 Å². The van der Waals surface area contributed by atoms with Crippen LogP contribution >= 0.6 is 27.3 Å². The van der Waals surface area contributed by atoms with Crippen molar-refractivity contribution >= 4 is 33.2 Å². The van der Waals surface area contributed by atoms with E-state index in [0.717, 1.165) is 7.11 Å². The molecule has 0 N–H and O–H groups in total. The van der Waals surface area contributed by atoms with Crippen molar-refractivity contribution in [1.82, 2.24) is 4.98 Å². The Kier molecular flexibility index (Phi) is 3.15. The Balaban J connectivity index is 3.23. The highest BCUT2D eigenvalue weighted by molar-refractivity contribution is 9.11. The lowest BCUT2D eigenvalue weighted by molar-refractivity contribution is -0.141. The molecule has 0 spiro atoms. The summed E-state index contributed by atoms with van der Waals surface area (Å²) in [5.41, 5.74) is -1.22. The Bertz CT molecular complexity index is 362. The number of alkyl halides is 3. The second-order valence-electron chi connectivity index (χ2n) is 2.13. The average molecular weight is 290 g/mol. The zero-order valence-electron chi connectivity index (χ0n) is 6.68. The molecule has 0 atom stereocenters. The molecule has 8 heteroatoms. The minimum absolute atomic E-state index is 0.00905. The first kappa shape index (κ1) is 11.4. The molecule has 0 unspecified atom stereocenters. The van der Waals surface area contributed by atoms with Crippen LogP contribution in [0.3, 0.4) is 0 Å². The second-order valence-corrected chi connectivity index (χ2v) is 4.41. The largest absolute Gasteiger partial charge is 0.465 e. The van der Waals surface area contributed by atoms with E-state index in [1.165, 1.54) is 0 Å². The van der Waals surface area contributed by atoms with Gasteiger partial charge in [-0.1, -0.05) is 11.3 Å². The van der Waals surface area contributed by atoms with Gasteiger partial charge < -0.3 is 4.74 Å². The fourth-order valence-electron chi connectivity index (χ4n) is 0.717. The summed E-state index contributed by atoms with van der Waals surface area (Å²) in [5, 5.41) is 0. The summed E-state index contributed by atoms with van der Waals surface area (Å²) in [4.78, 5) is 13.5. The minimum Gasteiger partial charge on any atom is -0.465 e. The Morgan fingerprint density at radius 3 is 2.57 bits per heavy atom. The molecule has 0 aliphatic rings. The third kappa shape index (κ3) is 2.24. The van der Waals surface area contributed by atoms with Crippen LogP contribution in [-0.2, 0) is 10.9 Å². The Morgan fingerprint density at radius 2 is 2.14 bits per heavy atom. The van der Waals surface area contributed by atoms with Gasteiger partial charge in [-0.3, -0.25) is 0 Å². The number of thiazole rings is 1. The molecule has 0 saturated heterocycles. The molecule has 0 amide bonds. The maximum Gasteiger partial charge on any atom is 0.435 e. The number of rotatable bonds is 1. The highest BCUT2D eigenvalue weighted by Gasteiger charge is 2.39. The van der Waals surface area contributed by atoms with Crippen LogP contribution in [0.5, 0.6) is 0 Å². The summed E-state index contributed by atoms with van der Waals surface area (Å²) < 4.78 is 41.0. The normalized spacial score (nSPS) is 11.5. The van der Waals surface area contributed by atoms with Crippen LogP contribution in [0.15, 0.2) is 3.92 Å². The lowest BCUT2D eigenvalue weighted by Crippen LogP contribution is -2.12. The van der Waals surface area contributed by atoms with Crippen molar-refractivity contribution in [3.63, 3.8) is 0 Å². The Hall–Kier alpha value is -0.630. The summed E-state index contributed by atoms with van der Waals surface area (Å²) in [7, 11) is 1.01. The van der Waals surface area contributed by atoms with Gasteiger partial charge in [0, 0.05) is 0 Å². The lowest BCUT2D eigenvalue weighted by atomic mass is 10.3. The predicted molar refractivity (Wildman–Crippen MR) is 46.2 cm³/mol. The fraction of sp³-hybridized carbons (Fsp3) is 0.333. The van der Waals surface area contributed by atoms with E-state index in [4.69, 9.17) is 0 Å². The molecule has 0 fully saturated rings. The highest BCUT2D eigenvalue weighted by Crippen LogP contribution is 2.36. The second kappa shape index (κ2) is 3.85. The van der Waals surface area contributed by atoms with Gasteiger partial charge in [-0.15, -0.1) is 0 Å². The van der Waals surface area contributed by atoms with Gasteiger partial charge in [0.2, 0.25) is 0 Å². The van der Waals surface area contributed by atoms with Crippen molar-refractivity contribution in [1.29, 1.82) is 0 Å². The van der Waals surface area contributed by atoms with E-state index in [1.54, 1.807) is 0 Å². The minimum atomic E-state index is -4.65. The first-order chi connectivity index (χ1) is 6.36. The number of hydrogen-bond acceptors (Lipinski definition) is 4. The number of nitrogens with zero attached hydrogens (tertiary/aromatic N) is 1. The molecular formula is C6H3BrF3NO2S. The van der Waals surface area contributed by atoms with Gasteiger partial charge in [-0.25, -0.2) is 9.78 Å². The smallest absolute Gasteiger partial charge is 0.435 e. The van der Waals surface area contributed by atoms with Crippen molar-refractivity contribution in [2.75, 3.05) is 7.11 Å². The maximum atomic E-state index is 12.3. The molecule has 1 aromatic heterocycles. The summed E-state index contributed by atoms with van der Waals surface area (Å²) in [6, 6.07) is 0. The van der Waals surface area contributed by atoms with Crippen molar-refractivity contribution in [2.24, 2.45) is 0 Å². The van der Waals surface area contributed by atoms with Gasteiger partial charge in [0.25, 0.3) is 0 Å². The number of aromatic nitrogens is 1. The van der Waals surface area contributed by atoms with E-state index in [0.29, 0.717) is 11.3 Å². The molecular weight excluding hydrogens is 287 g/mol. The number of carbonyl (C=O) groups is 1. The molecule has 0 aliphatic carbocycles. The SMILES string of the molecule is COC(=O)c1sc(Br)nc1C(F)(F)F. The fourth-order valence-corrected chi connectivity index (χ4v) is 2.11. The lowest BCUT2D eigenvalue weighted by Gasteiger charge is -2.03. The van der Waals surface area contributed by atoms with E-state index in [1.807, 2.05) is 0 Å².